The molecule has 2 N–H and O–H groups in total. The summed E-state index contributed by atoms with van der Waals surface area (Å²) in [7, 11) is -3.24. The van der Waals surface area contributed by atoms with Gasteiger partial charge in [-0.15, -0.1) is 0 Å². The van der Waals surface area contributed by atoms with E-state index in [0.717, 1.165) is 11.8 Å². The number of nitrogens with one attached hydrogen (secondary N) is 1. The minimum absolute atomic E-state index is 0.206. The van der Waals surface area contributed by atoms with Gasteiger partial charge in [-0.3, -0.25) is 15.0 Å². The number of amides is 1. The van der Waals surface area contributed by atoms with E-state index >= 15 is 0 Å². The number of carbonyl (C=O) groups excluding carboxylic acids is 1. The van der Waals surface area contributed by atoms with E-state index in [0.29, 0.717) is 5.56 Å². The topological polar surface area (TPSA) is 96.4 Å². The number of pyridine rings is 1. The molecule has 0 saturated carbocycles. The van der Waals surface area contributed by atoms with Gasteiger partial charge in [-0.1, -0.05) is 12.1 Å². The third kappa shape index (κ3) is 3.01. The van der Waals surface area contributed by atoms with E-state index in [1.165, 1.54) is 23.8 Å². The van der Waals surface area contributed by atoms with Crippen LogP contribution in [0.3, 0.4) is 0 Å². The Morgan fingerprint density at radius 3 is 2.35 bits per heavy atom. The van der Waals surface area contributed by atoms with Crippen LogP contribution >= 0.6 is 0 Å². The molecule has 0 aliphatic carbocycles. The lowest BCUT2D eigenvalue weighted by Crippen LogP contribution is -2.18. The summed E-state index contributed by atoms with van der Waals surface area (Å²) in [5.74, 6) is -0.660. The van der Waals surface area contributed by atoms with E-state index in [1.807, 2.05) is 0 Å². The summed E-state index contributed by atoms with van der Waals surface area (Å²) in [4.78, 5) is 15.4. The zero-order chi connectivity index (χ0) is 14.8. The first kappa shape index (κ1) is 14.2. The number of hydrogen-bond acceptors (Lipinski definition) is 5. The van der Waals surface area contributed by atoms with Crippen LogP contribution in [0.5, 0.6) is 0 Å². The molecule has 0 aliphatic rings. The summed E-state index contributed by atoms with van der Waals surface area (Å²) < 4.78 is 22.7. The second kappa shape index (κ2) is 5.40. The molecule has 104 valence electrons. The lowest BCUT2D eigenvalue weighted by atomic mass is 10.1. The first-order chi connectivity index (χ1) is 9.41. The van der Waals surface area contributed by atoms with Crippen LogP contribution < -0.4 is 5.48 Å². The Labute approximate surface area is 116 Å². The molecule has 0 fully saturated rings. The minimum Gasteiger partial charge on any atom is -0.288 e. The van der Waals surface area contributed by atoms with Crippen molar-refractivity contribution < 1.29 is 18.4 Å². The number of carbonyl (C=O) groups is 1. The maximum absolute atomic E-state index is 11.4. The van der Waals surface area contributed by atoms with Gasteiger partial charge in [-0.25, -0.2) is 13.9 Å². The zero-order valence-electron chi connectivity index (χ0n) is 10.6. The van der Waals surface area contributed by atoms with Crippen LogP contribution in [-0.4, -0.2) is 30.8 Å². The van der Waals surface area contributed by atoms with E-state index in [9.17, 15) is 13.2 Å². The minimum atomic E-state index is -3.24. The Morgan fingerprint density at radius 1 is 1.15 bits per heavy atom. The van der Waals surface area contributed by atoms with Crippen molar-refractivity contribution in [3.63, 3.8) is 0 Å². The Morgan fingerprint density at radius 2 is 1.80 bits per heavy atom. The highest BCUT2D eigenvalue weighted by Crippen LogP contribution is 2.21. The van der Waals surface area contributed by atoms with Crippen molar-refractivity contribution in [2.75, 3.05) is 6.26 Å². The first-order valence-electron chi connectivity index (χ1n) is 5.62. The smallest absolute Gasteiger partial charge is 0.276 e. The van der Waals surface area contributed by atoms with E-state index in [-0.39, 0.29) is 10.5 Å². The van der Waals surface area contributed by atoms with Gasteiger partial charge < -0.3 is 0 Å². The molecular weight excluding hydrogens is 280 g/mol. The SMILES string of the molecule is CS(=O)(=O)c1ccc(-c2cncc(C(=O)NO)c2)cc1. The van der Waals surface area contributed by atoms with Crippen LogP contribution in [-0.2, 0) is 9.84 Å². The Bertz CT molecular complexity index is 739. The number of sulfone groups is 1. The third-order valence-corrected chi connectivity index (χ3v) is 3.85. The Balaban J connectivity index is 2.40. The number of rotatable bonds is 3. The van der Waals surface area contributed by atoms with E-state index in [4.69, 9.17) is 5.21 Å². The molecule has 1 aromatic heterocycles. The van der Waals surface area contributed by atoms with Gasteiger partial charge in [0.1, 0.15) is 0 Å². The number of nitrogens with zero attached hydrogens (tertiary/aromatic N) is 1. The predicted octanol–water partition coefficient (Wildman–Crippen LogP) is 1.27. The van der Waals surface area contributed by atoms with E-state index in [2.05, 4.69) is 4.98 Å². The second-order valence-corrected chi connectivity index (χ2v) is 6.22. The molecular formula is C13H12N2O4S. The van der Waals surface area contributed by atoms with E-state index in [1.54, 1.807) is 24.4 Å². The molecule has 6 nitrogen and oxygen atoms in total. The molecule has 0 spiro atoms. The fraction of sp³-hybridized carbons (Fsp3) is 0.0769. The average Bonchev–Trinajstić information content (AvgIpc) is 2.46. The molecule has 7 heteroatoms. The summed E-state index contributed by atoms with van der Waals surface area (Å²) in [6.07, 6.45) is 4.00. The Hall–Kier alpha value is -2.25. The van der Waals surface area contributed by atoms with Crippen molar-refractivity contribution >= 4 is 15.7 Å². The molecule has 20 heavy (non-hydrogen) atoms. The molecule has 1 aromatic carbocycles. The molecule has 1 heterocycles. The van der Waals surface area contributed by atoms with Crippen molar-refractivity contribution in [3.8, 4) is 11.1 Å². The molecule has 0 unspecified atom stereocenters. The largest absolute Gasteiger partial charge is 0.288 e. The van der Waals surface area contributed by atoms with Crippen molar-refractivity contribution in [2.24, 2.45) is 0 Å². The number of hydrogen-bond donors (Lipinski definition) is 2. The molecule has 2 aromatic rings. The van der Waals surface area contributed by atoms with Gasteiger partial charge in [0.25, 0.3) is 5.91 Å². The highest BCUT2D eigenvalue weighted by molar-refractivity contribution is 7.90. The van der Waals surface area contributed by atoms with Crippen LogP contribution in [0.2, 0.25) is 0 Å². The van der Waals surface area contributed by atoms with E-state index < -0.39 is 15.7 Å². The van der Waals surface area contributed by atoms with Gasteiger partial charge in [0, 0.05) is 24.2 Å². The maximum Gasteiger partial charge on any atom is 0.276 e. The summed E-state index contributed by atoms with van der Waals surface area (Å²) in [6.45, 7) is 0. The predicted molar refractivity (Wildman–Crippen MR) is 72.0 cm³/mol. The van der Waals surface area contributed by atoms with Crippen LogP contribution in [0.4, 0.5) is 0 Å². The standard InChI is InChI=1S/C13H12N2O4S/c1-20(18,19)12-4-2-9(3-5-12)10-6-11(8-14-7-10)13(16)15-17/h2-8,17H,1H3,(H,15,16). The molecule has 1 amide bonds. The lowest BCUT2D eigenvalue weighted by molar-refractivity contribution is 0.0706. The van der Waals surface area contributed by atoms with Gasteiger partial charge in [-0.2, -0.15) is 0 Å². The molecule has 0 aliphatic heterocycles. The fourth-order valence-electron chi connectivity index (χ4n) is 1.68. The van der Waals surface area contributed by atoms with Gasteiger partial charge >= 0.3 is 0 Å². The highest BCUT2D eigenvalue weighted by Gasteiger charge is 2.09. The van der Waals surface area contributed by atoms with Crippen LogP contribution in [0.25, 0.3) is 11.1 Å². The van der Waals surface area contributed by atoms with Crippen molar-refractivity contribution in [2.45, 2.75) is 4.90 Å². The van der Waals surface area contributed by atoms with Gasteiger partial charge in [0.2, 0.25) is 0 Å². The number of hydroxylamine groups is 1. The zero-order valence-corrected chi connectivity index (χ0v) is 11.4. The van der Waals surface area contributed by atoms with Gasteiger partial charge in [0.15, 0.2) is 9.84 Å². The Kier molecular flexibility index (Phi) is 3.82. The van der Waals surface area contributed by atoms with Crippen LogP contribution in [0, 0.1) is 0 Å². The number of benzene rings is 1. The van der Waals surface area contributed by atoms with Gasteiger partial charge in [-0.05, 0) is 23.8 Å². The molecule has 0 saturated heterocycles. The molecule has 0 bridgehead atoms. The maximum atomic E-state index is 11.4. The second-order valence-electron chi connectivity index (χ2n) is 4.20. The summed E-state index contributed by atoms with van der Waals surface area (Å²) in [5, 5.41) is 8.58. The summed E-state index contributed by atoms with van der Waals surface area (Å²) in [5.41, 5.74) is 3.10. The molecule has 0 radical (unpaired) electrons. The van der Waals surface area contributed by atoms with Crippen molar-refractivity contribution in [3.05, 3.63) is 48.3 Å². The monoisotopic (exact) mass is 292 g/mol. The van der Waals surface area contributed by atoms with Crippen molar-refractivity contribution in [1.82, 2.24) is 10.5 Å². The third-order valence-electron chi connectivity index (χ3n) is 2.72. The quantitative estimate of drug-likeness (QED) is 0.656. The fourth-order valence-corrected chi connectivity index (χ4v) is 2.31. The lowest BCUT2D eigenvalue weighted by Gasteiger charge is -2.05. The first-order valence-corrected chi connectivity index (χ1v) is 7.51. The average molecular weight is 292 g/mol. The molecule has 2 rings (SSSR count). The van der Waals surface area contributed by atoms with Crippen LogP contribution in [0.1, 0.15) is 10.4 Å². The normalized spacial score (nSPS) is 11.1. The molecule has 0 atom stereocenters. The van der Waals surface area contributed by atoms with Crippen LogP contribution in [0.15, 0.2) is 47.6 Å². The summed E-state index contributed by atoms with van der Waals surface area (Å²) >= 11 is 0. The van der Waals surface area contributed by atoms with Crippen molar-refractivity contribution in [1.29, 1.82) is 0 Å². The summed E-state index contributed by atoms with van der Waals surface area (Å²) in [6, 6.07) is 7.79. The van der Waals surface area contributed by atoms with Gasteiger partial charge in [0.05, 0.1) is 10.5 Å². The number of aromatic nitrogens is 1. The highest BCUT2D eigenvalue weighted by atomic mass is 32.2.